The Morgan fingerprint density at radius 3 is 2.16 bits per heavy atom. The van der Waals surface area contributed by atoms with Crippen LogP contribution in [0.2, 0.25) is 0 Å². The molecule has 0 saturated carbocycles. The summed E-state index contributed by atoms with van der Waals surface area (Å²) >= 11 is 3.45. The van der Waals surface area contributed by atoms with Crippen molar-refractivity contribution >= 4 is 43.5 Å². The van der Waals surface area contributed by atoms with Crippen LogP contribution in [0, 0.1) is 6.92 Å². The van der Waals surface area contributed by atoms with E-state index in [0.717, 1.165) is 19.9 Å². The lowest BCUT2D eigenvalue weighted by Gasteiger charge is -2.32. The van der Waals surface area contributed by atoms with E-state index in [1.54, 1.807) is 50.2 Å². The number of aryl methyl sites for hydroxylation is 1. The molecule has 0 saturated heterocycles. The summed E-state index contributed by atoms with van der Waals surface area (Å²) in [6, 6.07) is 28.7. The zero-order valence-electron chi connectivity index (χ0n) is 24.2. The predicted molar refractivity (Wildman–Crippen MR) is 172 cm³/mol. The quantitative estimate of drug-likeness (QED) is 0.192. The van der Waals surface area contributed by atoms with Crippen LogP contribution in [0.4, 0.5) is 5.69 Å². The number of carbonyl (C=O) groups excluding carboxylic acids is 2. The highest BCUT2D eigenvalue weighted by Gasteiger charge is 2.32. The van der Waals surface area contributed by atoms with Gasteiger partial charge in [-0.3, -0.25) is 13.9 Å². The van der Waals surface area contributed by atoms with Crippen molar-refractivity contribution in [3.05, 3.63) is 119 Å². The van der Waals surface area contributed by atoms with Gasteiger partial charge in [0.15, 0.2) is 0 Å². The Bertz CT molecular complexity index is 1650. The van der Waals surface area contributed by atoms with Gasteiger partial charge in [0.1, 0.15) is 24.1 Å². The molecule has 224 valence electrons. The van der Waals surface area contributed by atoms with E-state index >= 15 is 0 Å². The number of anilines is 1. The Labute approximate surface area is 261 Å². The molecule has 8 nitrogen and oxygen atoms in total. The lowest BCUT2D eigenvalue weighted by Crippen LogP contribution is -2.51. The minimum Gasteiger partial charge on any atom is -0.457 e. The molecule has 0 aliphatic heterocycles. The van der Waals surface area contributed by atoms with E-state index in [-0.39, 0.29) is 23.0 Å². The fourth-order valence-corrected chi connectivity index (χ4v) is 6.27. The van der Waals surface area contributed by atoms with Crippen molar-refractivity contribution < 1.29 is 22.7 Å². The Kier molecular flexibility index (Phi) is 10.6. The van der Waals surface area contributed by atoms with E-state index in [2.05, 4.69) is 21.2 Å². The largest absolute Gasteiger partial charge is 0.457 e. The summed E-state index contributed by atoms with van der Waals surface area (Å²) < 4.78 is 35.8. The van der Waals surface area contributed by atoms with Crippen LogP contribution in [0.25, 0.3) is 0 Å². The van der Waals surface area contributed by atoms with Crippen molar-refractivity contribution in [2.45, 2.75) is 38.3 Å². The molecule has 4 aromatic carbocycles. The van der Waals surface area contributed by atoms with Gasteiger partial charge in [0, 0.05) is 17.6 Å². The van der Waals surface area contributed by atoms with Crippen LogP contribution in [0.15, 0.2) is 112 Å². The monoisotopic (exact) mass is 663 g/mol. The highest BCUT2D eigenvalue weighted by atomic mass is 79.9. The lowest BCUT2D eigenvalue weighted by atomic mass is 10.1. The zero-order chi connectivity index (χ0) is 31.0. The maximum absolute atomic E-state index is 14.0. The Balaban J connectivity index is 1.70. The number of halogens is 1. The lowest BCUT2D eigenvalue weighted by molar-refractivity contribution is -0.139. The molecule has 0 spiro atoms. The minimum atomic E-state index is -4.17. The van der Waals surface area contributed by atoms with E-state index in [1.165, 1.54) is 17.0 Å². The molecule has 0 aliphatic carbocycles. The van der Waals surface area contributed by atoms with Crippen molar-refractivity contribution in [3.63, 3.8) is 0 Å². The van der Waals surface area contributed by atoms with Gasteiger partial charge in [0.25, 0.3) is 10.0 Å². The first-order chi connectivity index (χ1) is 20.6. The summed E-state index contributed by atoms with van der Waals surface area (Å²) in [6.45, 7) is 5.28. The summed E-state index contributed by atoms with van der Waals surface area (Å²) in [6.07, 6.45) is 0. The van der Waals surface area contributed by atoms with Crippen LogP contribution in [0.5, 0.6) is 11.5 Å². The van der Waals surface area contributed by atoms with Gasteiger partial charge in [-0.05, 0) is 87.0 Å². The van der Waals surface area contributed by atoms with E-state index in [4.69, 9.17) is 4.74 Å². The highest BCUT2D eigenvalue weighted by Crippen LogP contribution is 2.29. The first-order valence-electron chi connectivity index (χ1n) is 13.8. The number of carbonyl (C=O) groups is 2. The second-order valence-corrected chi connectivity index (χ2v) is 12.7. The molecule has 1 N–H and O–H groups in total. The fraction of sp³-hybridized carbons (Fsp3) is 0.212. The third-order valence-corrected chi connectivity index (χ3v) is 9.03. The van der Waals surface area contributed by atoms with Gasteiger partial charge in [0.05, 0.1) is 10.6 Å². The van der Waals surface area contributed by atoms with Gasteiger partial charge in [-0.25, -0.2) is 8.42 Å². The molecular weight excluding hydrogens is 630 g/mol. The number of ether oxygens (including phenoxy) is 1. The van der Waals surface area contributed by atoms with E-state index in [0.29, 0.717) is 18.0 Å². The molecule has 1 unspecified atom stereocenters. The predicted octanol–water partition coefficient (Wildman–Crippen LogP) is 6.30. The number of likely N-dealkylation sites (N-methyl/N-ethyl adjacent to an activating group) is 1. The summed E-state index contributed by atoms with van der Waals surface area (Å²) in [5, 5.41) is 2.76. The van der Waals surface area contributed by atoms with E-state index in [1.807, 2.05) is 61.5 Å². The molecule has 0 aliphatic rings. The number of hydrogen-bond acceptors (Lipinski definition) is 5. The summed E-state index contributed by atoms with van der Waals surface area (Å²) in [4.78, 5) is 28.3. The van der Waals surface area contributed by atoms with Crippen LogP contribution in [0.1, 0.15) is 25.0 Å². The minimum absolute atomic E-state index is 0.0471. The van der Waals surface area contributed by atoms with Crippen LogP contribution in [0.3, 0.4) is 0 Å². The van der Waals surface area contributed by atoms with Gasteiger partial charge in [0.2, 0.25) is 11.8 Å². The molecule has 0 aromatic heterocycles. The fourth-order valence-electron chi connectivity index (χ4n) is 4.41. The molecule has 2 amide bonds. The van der Waals surface area contributed by atoms with Crippen molar-refractivity contribution in [3.8, 4) is 11.5 Å². The molecule has 43 heavy (non-hydrogen) atoms. The first kappa shape index (κ1) is 31.8. The first-order valence-corrected chi connectivity index (χ1v) is 16.1. The van der Waals surface area contributed by atoms with Crippen molar-refractivity contribution in [1.82, 2.24) is 10.2 Å². The summed E-state index contributed by atoms with van der Waals surface area (Å²) in [7, 11) is -4.17. The average Bonchev–Trinajstić information content (AvgIpc) is 2.99. The topological polar surface area (TPSA) is 96.0 Å². The molecule has 4 aromatic rings. The van der Waals surface area contributed by atoms with E-state index in [9.17, 15) is 18.0 Å². The van der Waals surface area contributed by atoms with Gasteiger partial charge < -0.3 is 15.0 Å². The third kappa shape index (κ3) is 8.24. The summed E-state index contributed by atoms with van der Waals surface area (Å²) in [5.41, 5.74) is 1.97. The number of nitrogens with zero attached hydrogens (tertiary/aromatic N) is 2. The number of benzene rings is 4. The maximum atomic E-state index is 14.0. The SMILES string of the molecule is CCNC(=O)C(C)N(Cc1cccc(Br)c1)C(=O)CN(c1ccc(Oc2ccccc2)cc1)S(=O)(=O)c1ccc(C)cc1. The van der Waals surface area contributed by atoms with Crippen LogP contribution in [-0.2, 0) is 26.2 Å². The molecule has 1 atom stereocenters. The summed E-state index contributed by atoms with van der Waals surface area (Å²) in [5.74, 6) is 0.285. The highest BCUT2D eigenvalue weighted by molar-refractivity contribution is 9.10. The normalized spacial score (nSPS) is 11.8. The average molecular weight is 665 g/mol. The Morgan fingerprint density at radius 2 is 1.53 bits per heavy atom. The Hall–Kier alpha value is -4.15. The molecular formula is C33H34BrN3O5S. The number of sulfonamides is 1. The van der Waals surface area contributed by atoms with Crippen LogP contribution in [-0.4, -0.2) is 44.3 Å². The smallest absolute Gasteiger partial charge is 0.264 e. The number of para-hydroxylation sites is 1. The van der Waals surface area contributed by atoms with Crippen molar-refractivity contribution in [2.24, 2.45) is 0 Å². The van der Waals surface area contributed by atoms with Crippen molar-refractivity contribution in [2.75, 3.05) is 17.4 Å². The number of rotatable bonds is 12. The molecule has 10 heteroatoms. The van der Waals surface area contributed by atoms with Gasteiger partial charge >= 0.3 is 0 Å². The standard InChI is InChI=1S/C33H34BrN3O5S/c1-4-35-33(39)25(3)36(22-26-9-8-10-27(34)21-26)32(38)23-37(43(40,41)31-19-13-24(2)14-20-31)28-15-17-30(18-16-28)42-29-11-6-5-7-12-29/h5-21,25H,4,22-23H2,1-3H3,(H,35,39). The third-order valence-electron chi connectivity index (χ3n) is 6.75. The second kappa shape index (κ2) is 14.3. The van der Waals surface area contributed by atoms with Gasteiger partial charge in [-0.2, -0.15) is 0 Å². The molecule has 4 rings (SSSR count). The van der Waals surface area contributed by atoms with Gasteiger partial charge in [-0.15, -0.1) is 0 Å². The molecule has 0 fully saturated rings. The number of amides is 2. The number of hydrogen-bond donors (Lipinski definition) is 1. The van der Waals surface area contributed by atoms with Crippen LogP contribution < -0.4 is 14.4 Å². The van der Waals surface area contributed by atoms with Crippen molar-refractivity contribution in [1.29, 1.82) is 0 Å². The Morgan fingerprint density at radius 1 is 0.884 bits per heavy atom. The maximum Gasteiger partial charge on any atom is 0.264 e. The van der Waals surface area contributed by atoms with Crippen LogP contribution >= 0.6 is 15.9 Å². The molecule has 0 radical (unpaired) electrons. The van der Waals surface area contributed by atoms with E-state index < -0.39 is 28.5 Å². The number of nitrogens with one attached hydrogen (secondary N) is 1. The second-order valence-electron chi connectivity index (χ2n) is 9.96. The zero-order valence-corrected chi connectivity index (χ0v) is 26.6. The molecule has 0 heterocycles. The van der Waals surface area contributed by atoms with Gasteiger partial charge in [-0.1, -0.05) is 64.0 Å². The molecule has 0 bridgehead atoms.